The minimum absolute atomic E-state index is 0.120. The van der Waals surface area contributed by atoms with Gasteiger partial charge in [-0.3, -0.25) is 4.79 Å². The summed E-state index contributed by atoms with van der Waals surface area (Å²) in [7, 11) is 0. The first-order valence-corrected chi connectivity index (χ1v) is 9.19. The third kappa shape index (κ3) is 4.46. The van der Waals surface area contributed by atoms with E-state index >= 15 is 0 Å². The molecule has 1 heterocycles. The van der Waals surface area contributed by atoms with Crippen molar-refractivity contribution in [2.75, 3.05) is 19.6 Å². The maximum atomic E-state index is 13.1. The molecule has 24 heavy (non-hydrogen) atoms. The molecule has 2 aromatic carbocycles. The van der Waals surface area contributed by atoms with E-state index in [-0.39, 0.29) is 11.7 Å². The predicted octanol–water partition coefficient (Wildman–Crippen LogP) is 5.18. The van der Waals surface area contributed by atoms with Gasteiger partial charge in [0.2, 0.25) is 0 Å². The second-order valence-electron chi connectivity index (χ2n) is 6.55. The molecule has 1 aliphatic rings. The lowest BCUT2D eigenvalue weighted by Gasteiger charge is -2.26. The summed E-state index contributed by atoms with van der Waals surface area (Å²) in [4.78, 5) is 15.6. The van der Waals surface area contributed by atoms with Gasteiger partial charge >= 0.3 is 0 Å². The Kier molecular flexibility index (Phi) is 6.06. The van der Waals surface area contributed by atoms with Crippen LogP contribution in [0.4, 0.5) is 0 Å². The molecule has 1 atom stereocenters. The van der Waals surface area contributed by atoms with Crippen molar-refractivity contribution < 1.29 is 4.79 Å². The van der Waals surface area contributed by atoms with Crippen LogP contribution in [0.5, 0.6) is 0 Å². The highest BCUT2D eigenvalue weighted by Crippen LogP contribution is 2.24. The number of carbonyl (C=O) groups is 1. The van der Waals surface area contributed by atoms with Crippen molar-refractivity contribution in [2.24, 2.45) is 0 Å². The quantitative estimate of drug-likeness (QED) is 0.698. The standard InChI is InChI=1S/C21H24ClNO/c22-19-12-10-18(11-13-19)21(24)20(17-8-4-3-5-9-17)16-23-14-6-1-2-7-15-23/h3-5,8-13,20H,1-2,6-7,14-16H2. The molecule has 1 saturated heterocycles. The number of benzene rings is 2. The summed E-state index contributed by atoms with van der Waals surface area (Å²) in [6.07, 6.45) is 5.07. The van der Waals surface area contributed by atoms with E-state index in [1.807, 2.05) is 30.3 Å². The largest absolute Gasteiger partial charge is 0.302 e. The van der Waals surface area contributed by atoms with Crippen LogP contribution in [0.3, 0.4) is 0 Å². The first-order valence-electron chi connectivity index (χ1n) is 8.81. The smallest absolute Gasteiger partial charge is 0.171 e. The Hall–Kier alpha value is -1.64. The zero-order valence-corrected chi connectivity index (χ0v) is 14.7. The molecule has 2 aromatic rings. The molecule has 1 unspecified atom stereocenters. The number of nitrogens with zero attached hydrogens (tertiary/aromatic N) is 1. The van der Waals surface area contributed by atoms with E-state index in [0.717, 1.165) is 30.8 Å². The molecule has 0 N–H and O–H groups in total. The second kappa shape index (κ2) is 8.46. The lowest BCUT2D eigenvalue weighted by molar-refractivity contribution is 0.0934. The zero-order valence-electron chi connectivity index (χ0n) is 14.0. The van der Waals surface area contributed by atoms with Crippen LogP contribution in [-0.2, 0) is 0 Å². The van der Waals surface area contributed by atoms with Crippen molar-refractivity contribution in [3.63, 3.8) is 0 Å². The summed E-state index contributed by atoms with van der Waals surface area (Å²) in [6.45, 7) is 2.99. The Morgan fingerprint density at radius 2 is 1.54 bits per heavy atom. The second-order valence-corrected chi connectivity index (χ2v) is 6.99. The van der Waals surface area contributed by atoms with E-state index in [1.54, 1.807) is 12.1 Å². The van der Waals surface area contributed by atoms with Crippen molar-refractivity contribution in [3.05, 3.63) is 70.7 Å². The van der Waals surface area contributed by atoms with Crippen molar-refractivity contribution >= 4 is 17.4 Å². The number of Topliss-reactive ketones (excluding diaryl/α,β-unsaturated/α-hetero) is 1. The molecular weight excluding hydrogens is 318 g/mol. The van der Waals surface area contributed by atoms with E-state index in [0.29, 0.717) is 5.02 Å². The Bertz CT molecular complexity index is 645. The van der Waals surface area contributed by atoms with Crippen LogP contribution in [0.2, 0.25) is 5.02 Å². The normalized spacial score (nSPS) is 17.2. The number of hydrogen-bond acceptors (Lipinski definition) is 2. The summed E-state index contributed by atoms with van der Waals surface area (Å²) in [5.74, 6) is 0.0626. The summed E-state index contributed by atoms with van der Waals surface area (Å²) in [6, 6.07) is 17.4. The van der Waals surface area contributed by atoms with Crippen molar-refractivity contribution in [3.8, 4) is 0 Å². The third-order valence-corrected chi connectivity index (χ3v) is 5.04. The van der Waals surface area contributed by atoms with Gasteiger partial charge in [-0.15, -0.1) is 0 Å². The summed E-state index contributed by atoms with van der Waals surface area (Å²) in [5.41, 5.74) is 1.84. The molecular formula is C21H24ClNO. The van der Waals surface area contributed by atoms with Crippen LogP contribution in [0, 0.1) is 0 Å². The van der Waals surface area contributed by atoms with Gasteiger partial charge in [-0.25, -0.2) is 0 Å². The summed E-state index contributed by atoms with van der Waals surface area (Å²) in [5, 5.41) is 0.662. The Balaban J connectivity index is 1.84. The molecule has 3 heteroatoms. The molecule has 0 radical (unpaired) electrons. The van der Waals surface area contributed by atoms with Crippen LogP contribution in [-0.4, -0.2) is 30.3 Å². The molecule has 0 aliphatic carbocycles. The van der Waals surface area contributed by atoms with Crippen LogP contribution >= 0.6 is 11.6 Å². The average molecular weight is 342 g/mol. The van der Waals surface area contributed by atoms with Crippen molar-refractivity contribution in [1.82, 2.24) is 4.90 Å². The molecule has 2 nitrogen and oxygen atoms in total. The number of rotatable bonds is 5. The molecule has 1 aliphatic heterocycles. The maximum Gasteiger partial charge on any atom is 0.171 e. The average Bonchev–Trinajstić information content (AvgIpc) is 2.89. The molecule has 0 bridgehead atoms. The van der Waals surface area contributed by atoms with Gasteiger partial charge in [0.1, 0.15) is 0 Å². The lowest BCUT2D eigenvalue weighted by Crippen LogP contribution is -2.33. The first kappa shape index (κ1) is 17.2. The van der Waals surface area contributed by atoms with Crippen molar-refractivity contribution in [2.45, 2.75) is 31.6 Å². The minimum Gasteiger partial charge on any atom is -0.302 e. The van der Waals surface area contributed by atoms with Crippen LogP contribution in [0.1, 0.15) is 47.5 Å². The minimum atomic E-state index is -0.120. The van der Waals surface area contributed by atoms with Gasteiger partial charge in [0, 0.05) is 17.1 Å². The predicted molar refractivity (Wildman–Crippen MR) is 99.9 cm³/mol. The van der Waals surface area contributed by atoms with Crippen molar-refractivity contribution in [1.29, 1.82) is 0 Å². The highest BCUT2D eigenvalue weighted by atomic mass is 35.5. The van der Waals surface area contributed by atoms with E-state index in [4.69, 9.17) is 11.6 Å². The molecule has 0 spiro atoms. The van der Waals surface area contributed by atoms with Crippen LogP contribution in [0.25, 0.3) is 0 Å². The monoisotopic (exact) mass is 341 g/mol. The van der Waals surface area contributed by atoms with E-state index in [2.05, 4.69) is 17.0 Å². The Labute approximate surface area is 149 Å². The van der Waals surface area contributed by atoms with Gasteiger partial charge in [0.25, 0.3) is 0 Å². The van der Waals surface area contributed by atoms with Crippen LogP contribution in [0.15, 0.2) is 54.6 Å². The molecule has 0 amide bonds. The van der Waals surface area contributed by atoms with Gasteiger partial charge in [-0.1, -0.05) is 54.8 Å². The molecule has 126 valence electrons. The summed E-state index contributed by atoms with van der Waals surface area (Å²) >= 11 is 5.97. The Morgan fingerprint density at radius 1 is 0.917 bits per heavy atom. The highest BCUT2D eigenvalue weighted by Gasteiger charge is 2.25. The van der Waals surface area contributed by atoms with E-state index in [9.17, 15) is 4.79 Å². The molecule has 1 fully saturated rings. The number of carbonyl (C=O) groups excluding carboxylic acids is 1. The molecule has 0 saturated carbocycles. The highest BCUT2D eigenvalue weighted by molar-refractivity contribution is 6.30. The van der Waals surface area contributed by atoms with E-state index in [1.165, 1.54) is 25.7 Å². The van der Waals surface area contributed by atoms with Gasteiger partial charge in [0.05, 0.1) is 5.92 Å². The first-order chi connectivity index (χ1) is 11.7. The lowest BCUT2D eigenvalue weighted by atomic mass is 9.90. The van der Waals surface area contributed by atoms with Gasteiger partial charge in [-0.05, 0) is 55.8 Å². The van der Waals surface area contributed by atoms with Gasteiger partial charge in [0.15, 0.2) is 5.78 Å². The number of likely N-dealkylation sites (tertiary alicyclic amines) is 1. The fourth-order valence-corrected chi connectivity index (χ4v) is 3.54. The van der Waals surface area contributed by atoms with Gasteiger partial charge in [-0.2, -0.15) is 0 Å². The fourth-order valence-electron chi connectivity index (χ4n) is 3.42. The fraction of sp³-hybridized carbons (Fsp3) is 0.381. The third-order valence-electron chi connectivity index (χ3n) is 4.79. The van der Waals surface area contributed by atoms with E-state index < -0.39 is 0 Å². The van der Waals surface area contributed by atoms with Crippen LogP contribution < -0.4 is 0 Å². The Morgan fingerprint density at radius 3 is 2.17 bits per heavy atom. The molecule has 0 aromatic heterocycles. The number of ketones is 1. The number of hydrogen-bond donors (Lipinski definition) is 0. The maximum absolute atomic E-state index is 13.1. The number of halogens is 1. The van der Waals surface area contributed by atoms with Gasteiger partial charge < -0.3 is 4.90 Å². The zero-order chi connectivity index (χ0) is 16.8. The summed E-state index contributed by atoms with van der Waals surface area (Å²) < 4.78 is 0. The topological polar surface area (TPSA) is 20.3 Å². The SMILES string of the molecule is O=C(c1ccc(Cl)cc1)C(CN1CCCCCC1)c1ccccc1. The molecule has 3 rings (SSSR count).